The van der Waals surface area contributed by atoms with Gasteiger partial charge in [-0.3, -0.25) is 9.79 Å². The van der Waals surface area contributed by atoms with Crippen LogP contribution in [0.15, 0.2) is 15.5 Å². The van der Waals surface area contributed by atoms with E-state index in [2.05, 4.69) is 20.9 Å². The Kier molecular flexibility index (Phi) is 5.81. The monoisotopic (exact) mass is 294 g/mol. The first-order chi connectivity index (χ1) is 9.71. The van der Waals surface area contributed by atoms with Crippen molar-refractivity contribution in [2.75, 3.05) is 13.6 Å². The van der Waals surface area contributed by atoms with Crippen molar-refractivity contribution in [1.29, 1.82) is 0 Å². The number of rotatable bonds is 4. The Hall–Kier alpha value is -1.98. The van der Waals surface area contributed by atoms with Crippen LogP contribution in [0.25, 0.3) is 0 Å². The van der Waals surface area contributed by atoms with Crippen molar-refractivity contribution in [2.24, 2.45) is 4.99 Å². The van der Waals surface area contributed by atoms with Crippen LogP contribution < -0.4 is 16.0 Å². The first-order valence-corrected chi connectivity index (χ1v) is 7.02. The molecular weight excluding hydrogens is 268 g/mol. The van der Waals surface area contributed by atoms with Crippen molar-refractivity contribution >= 4 is 11.9 Å². The number of aliphatic imine (C=N–C) groups is 1. The van der Waals surface area contributed by atoms with E-state index < -0.39 is 0 Å². The normalized spacial score (nSPS) is 12.2. The van der Waals surface area contributed by atoms with Gasteiger partial charge in [0.25, 0.3) is 0 Å². The number of aryl methyl sites for hydroxylation is 2. The third-order valence-electron chi connectivity index (χ3n) is 2.74. The van der Waals surface area contributed by atoms with Gasteiger partial charge in [0.15, 0.2) is 5.96 Å². The number of furan rings is 1. The van der Waals surface area contributed by atoms with E-state index in [0.717, 1.165) is 17.1 Å². The number of guanidine groups is 1. The zero-order valence-corrected chi connectivity index (χ0v) is 13.8. The van der Waals surface area contributed by atoms with E-state index in [0.29, 0.717) is 12.5 Å². The summed E-state index contributed by atoms with van der Waals surface area (Å²) in [6, 6.07) is 1.99. The van der Waals surface area contributed by atoms with E-state index in [4.69, 9.17) is 4.42 Å². The number of carbonyl (C=O) groups excluding carboxylic acids is 1. The molecule has 0 spiro atoms. The third-order valence-corrected chi connectivity index (χ3v) is 2.74. The quantitative estimate of drug-likeness (QED) is 0.580. The lowest BCUT2D eigenvalue weighted by molar-refractivity contribution is -0.121. The van der Waals surface area contributed by atoms with E-state index in [-0.39, 0.29) is 18.0 Å². The van der Waals surface area contributed by atoms with Crippen LogP contribution in [0.5, 0.6) is 0 Å². The van der Waals surface area contributed by atoms with Gasteiger partial charge in [-0.05, 0) is 40.7 Å². The summed E-state index contributed by atoms with van der Waals surface area (Å²) in [6.45, 7) is 10.5. The van der Waals surface area contributed by atoms with Crippen LogP contribution in [0, 0.1) is 13.8 Å². The molecule has 0 aliphatic rings. The highest BCUT2D eigenvalue weighted by Crippen LogP contribution is 2.12. The van der Waals surface area contributed by atoms with Crippen LogP contribution in [0.3, 0.4) is 0 Å². The minimum Gasteiger partial charge on any atom is -0.466 e. The highest BCUT2D eigenvalue weighted by molar-refractivity contribution is 5.86. The molecule has 118 valence electrons. The standard InChI is InChI=1S/C15H26N4O2/c1-10-7-12(11(2)21-10)8-17-14(16-6)18-9-13(20)19-15(3,4)5/h7H,8-9H2,1-6H3,(H,19,20)(H2,16,17,18). The molecule has 0 aromatic carbocycles. The summed E-state index contributed by atoms with van der Waals surface area (Å²) in [4.78, 5) is 15.8. The summed E-state index contributed by atoms with van der Waals surface area (Å²) < 4.78 is 5.47. The number of hydrogen-bond donors (Lipinski definition) is 3. The second-order valence-corrected chi connectivity index (χ2v) is 6.02. The van der Waals surface area contributed by atoms with E-state index in [9.17, 15) is 4.79 Å². The molecule has 0 aliphatic carbocycles. The lowest BCUT2D eigenvalue weighted by Crippen LogP contribution is -2.48. The van der Waals surface area contributed by atoms with Gasteiger partial charge in [-0.15, -0.1) is 0 Å². The molecule has 0 bridgehead atoms. The van der Waals surface area contributed by atoms with Gasteiger partial charge in [0.1, 0.15) is 11.5 Å². The highest BCUT2D eigenvalue weighted by Gasteiger charge is 2.13. The number of amides is 1. The first kappa shape index (κ1) is 17.1. The van der Waals surface area contributed by atoms with E-state index >= 15 is 0 Å². The fourth-order valence-electron chi connectivity index (χ4n) is 1.89. The van der Waals surface area contributed by atoms with Gasteiger partial charge in [-0.25, -0.2) is 0 Å². The predicted octanol–water partition coefficient (Wildman–Crippen LogP) is 1.48. The molecule has 0 saturated heterocycles. The molecule has 0 fully saturated rings. The maximum Gasteiger partial charge on any atom is 0.239 e. The molecule has 1 heterocycles. The minimum absolute atomic E-state index is 0.0687. The number of nitrogens with zero attached hydrogens (tertiary/aromatic N) is 1. The summed E-state index contributed by atoms with van der Waals surface area (Å²) in [6.07, 6.45) is 0. The molecule has 1 rings (SSSR count). The molecule has 21 heavy (non-hydrogen) atoms. The molecule has 6 nitrogen and oxygen atoms in total. The topological polar surface area (TPSA) is 78.7 Å². The maximum absolute atomic E-state index is 11.7. The van der Waals surface area contributed by atoms with Gasteiger partial charge < -0.3 is 20.4 Å². The lowest BCUT2D eigenvalue weighted by atomic mass is 10.1. The van der Waals surface area contributed by atoms with Crippen molar-refractivity contribution in [3.05, 3.63) is 23.2 Å². The molecule has 0 aliphatic heterocycles. The molecule has 3 N–H and O–H groups in total. The second kappa shape index (κ2) is 7.15. The van der Waals surface area contributed by atoms with Crippen LogP contribution in [0.2, 0.25) is 0 Å². The Morgan fingerprint density at radius 3 is 2.43 bits per heavy atom. The summed E-state index contributed by atoms with van der Waals surface area (Å²) >= 11 is 0. The summed E-state index contributed by atoms with van der Waals surface area (Å²) in [5, 5.41) is 9.03. The molecule has 0 unspecified atom stereocenters. The van der Waals surface area contributed by atoms with Gasteiger partial charge in [0, 0.05) is 24.7 Å². The van der Waals surface area contributed by atoms with Gasteiger partial charge in [0.2, 0.25) is 5.91 Å². The Bertz CT molecular complexity index is 512. The van der Waals surface area contributed by atoms with Crippen molar-refractivity contribution in [1.82, 2.24) is 16.0 Å². The highest BCUT2D eigenvalue weighted by atomic mass is 16.3. The molecule has 6 heteroatoms. The Morgan fingerprint density at radius 2 is 1.95 bits per heavy atom. The summed E-state index contributed by atoms with van der Waals surface area (Å²) in [5.41, 5.74) is 0.843. The predicted molar refractivity (Wildman–Crippen MR) is 84.3 cm³/mol. The van der Waals surface area contributed by atoms with Crippen molar-refractivity contribution in [3.8, 4) is 0 Å². The fraction of sp³-hybridized carbons (Fsp3) is 0.600. The maximum atomic E-state index is 11.7. The summed E-state index contributed by atoms with van der Waals surface area (Å²) in [7, 11) is 1.67. The summed E-state index contributed by atoms with van der Waals surface area (Å²) in [5.74, 6) is 2.29. The van der Waals surface area contributed by atoms with Crippen LogP contribution in [-0.4, -0.2) is 31.0 Å². The van der Waals surface area contributed by atoms with Crippen LogP contribution in [0.4, 0.5) is 0 Å². The van der Waals surface area contributed by atoms with E-state index in [1.54, 1.807) is 7.05 Å². The van der Waals surface area contributed by atoms with Crippen molar-refractivity contribution < 1.29 is 9.21 Å². The molecule has 0 saturated carbocycles. The molecule has 1 amide bonds. The lowest BCUT2D eigenvalue weighted by Gasteiger charge is -2.21. The van der Waals surface area contributed by atoms with Gasteiger partial charge in [-0.2, -0.15) is 0 Å². The Morgan fingerprint density at radius 1 is 1.29 bits per heavy atom. The van der Waals surface area contributed by atoms with Crippen LogP contribution >= 0.6 is 0 Å². The van der Waals surface area contributed by atoms with Crippen LogP contribution in [-0.2, 0) is 11.3 Å². The molecule has 1 aromatic rings. The zero-order valence-electron chi connectivity index (χ0n) is 13.8. The molecule has 0 radical (unpaired) electrons. The van der Waals surface area contributed by atoms with Gasteiger partial charge in [-0.1, -0.05) is 0 Å². The Labute approximate surface area is 126 Å². The van der Waals surface area contributed by atoms with E-state index in [1.165, 1.54) is 0 Å². The minimum atomic E-state index is -0.235. The molecule has 0 atom stereocenters. The Balaban J connectivity index is 2.43. The van der Waals surface area contributed by atoms with Gasteiger partial charge >= 0.3 is 0 Å². The smallest absolute Gasteiger partial charge is 0.239 e. The third kappa shape index (κ3) is 6.33. The molecule has 1 aromatic heterocycles. The zero-order chi connectivity index (χ0) is 16.0. The largest absolute Gasteiger partial charge is 0.466 e. The SMILES string of the molecule is CN=C(NCC(=O)NC(C)(C)C)NCc1cc(C)oc1C. The number of carbonyl (C=O) groups is 1. The number of hydrogen-bond acceptors (Lipinski definition) is 3. The fourth-order valence-corrected chi connectivity index (χ4v) is 1.89. The van der Waals surface area contributed by atoms with E-state index in [1.807, 2.05) is 40.7 Å². The van der Waals surface area contributed by atoms with Gasteiger partial charge in [0.05, 0.1) is 6.54 Å². The van der Waals surface area contributed by atoms with Crippen molar-refractivity contribution in [3.63, 3.8) is 0 Å². The van der Waals surface area contributed by atoms with Crippen molar-refractivity contribution in [2.45, 2.75) is 46.7 Å². The van der Waals surface area contributed by atoms with Crippen LogP contribution in [0.1, 0.15) is 37.9 Å². The average Bonchev–Trinajstić information content (AvgIpc) is 2.66. The average molecular weight is 294 g/mol. The first-order valence-electron chi connectivity index (χ1n) is 7.02. The second-order valence-electron chi connectivity index (χ2n) is 6.02. The number of nitrogens with one attached hydrogen (secondary N) is 3. The molecular formula is C15H26N4O2.